The van der Waals surface area contributed by atoms with Crippen molar-refractivity contribution in [3.8, 4) is 0 Å². The smallest absolute Gasteiger partial charge is 0.160 e. The number of allylic oxidation sites excluding steroid dienone is 4. The highest BCUT2D eigenvalue weighted by Gasteiger charge is 2.42. The quantitative estimate of drug-likeness (QED) is 0.383. The number of carbonyl (C=O) groups excluding carboxylic acids is 1. The lowest BCUT2D eigenvalue weighted by molar-refractivity contribution is -0.113. The van der Waals surface area contributed by atoms with Crippen molar-refractivity contribution in [3.05, 3.63) is 58.3 Å². The molecular weight excluding hydrogens is 332 g/mol. The van der Waals surface area contributed by atoms with Gasteiger partial charge in [0.15, 0.2) is 5.78 Å². The summed E-state index contributed by atoms with van der Waals surface area (Å²) in [5.74, 6) is 0.142. The largest absolute Gasteiger partial charge is 0.295 e. The maximum Gasteiger partial charge on any atom is 0.160 e. The minimum atomic E-state index is -1.74. The van der Waals surface area contributed by atoms with Gasteiger partial charge in [0.2, 0.25) is 0 Å². The number of hydrogen-bond acceptors (Lipinski definition) is 1. The van der Waals surface area contributed by atoms with E-state index in [-0.39, 0.29) is 5.78 Å². The van der Waals surface area contributed by atoms with Crippen molar-refractivity contribution >= 4 is 25.5 Å². The molecular formula is C24H34OSi. The fourth-order valence-corrected chi connectivity index (χ4v) is 10.7. The molecule has 0 amide bonds. The summed E-state index contributed by atoms with van der Waals surface area (Å²) >= 11 is 0. The molecule has 1 aromatic carbocycles. The number of Topliss-reactive ketones (excluding diaryl/α,β-unsaturated/α-hetero) is 1. The first-order valence-corrected chi connectivity index (χ1v) is 12.2. The molecule has 0 unspecified atom stereocenters. The van der Waals surface area contributed by atoms with E-state index in [9.17, 15) is 4.79 Å². The monoisotopic (exact) mass is 366 g/mol. The van der Waals surface area contributed by atoms with Gasteiger partial charge in [-0.25, -0.2) is 0 Å². The topological polar surface area (TPSA) is 17.1 Å². The molecule has 0 spiro atoms. The van der Waals surface area contributed by atoms with E-state index in [2.05, 4.69) is 77.6 Å². The van der Waals surface area contributed by atoms with Crippen molar-refractivity contribution in [2.75, 3.05) is 0 Å². The van der Waals surface area contributed by atoms with E-state index in [1.807, 2.05) is 13.0 Å². The lowest BCUT2D eigenvalue weighted by Gasteiger charge is -2.41. The molecule has 0 saturated carbocycles. The summed E-state index contributed by atoms with van der Waals surface area (Å²) in [6, 6.07) is 8.55. The van der Waals surface area contributed by atoms with E-state index in [0.29, 0.717) is 16.6 Å². The van der Waals surface area contributed by atoms with E-state index in [1.54, 1.807) is 6.92 Å². The van der Waals surface area contributed by atoms with Crippen LogP contribution in [0.5, 0.6) is 0 Å². The summed E-state index contributed by atoms with van der Waals surface area (Å²) in [5.41, 5.74) is 10.3. The molecule has 1 aliphatic carbocycles. The molecule has 0 aromatic heterocycles. The number of hydrogen-bond donors (Lipinski definition) is 0. The highest BCUT2D eigenvalue weighted by molar-refractivity contribution is 6.88. The van der Waals surface area contributed by atoms with E-state index in [1.165, 1.54) is 16.7 Å². The molecule has 1 aromatic rings. The zero-order valence-corrected chi connectivity index (χ0v) is 18.7. The Hall–Kier alpha value is -1.67. The van der Waals surface area contributed by atoms with E-state index in [0.717, 1.165) is 11.1 Å². The fraction of sp³-hybridized carbons (Fsp3) is 0.458. The first-order valence-electron chi connectivity index (χ1n) is 9.88. The number of fused-ring (bicyclic) bond motifs is 1. The fourth-order valence-electron chi connectivity index (χ4n) is 4.92. The van der Waals surface area contributed by atoms with Crippen LogP contribution in [0.1, 0.15) is 66.5 Å². The molecule has 140 valence electrons. The minimum Gasteiger partial charge on any atom is -0.295 e. The number of rotatable bonds is 6. The van der Waals surface area contributed by atoms with Gasteiger partial charge >= 0.3 is 0 Å². The first-order chi connectivity index (χ1) is 12.2. The number of ketones is 1. The van der Waals surface area contributed by atoms with E-state index < -0.39 is 8.07 Å². The highest BCUT2D eigenvalue weighted by atomic mass is 28.3. The highest BCUT2D eigenvalue weighted by Crippen LogP contribution is 2.47. The maximum absolute atomic E-state index is 12.3. The zero-order valence-electron chi connectivity index (χ0n) is 17.7. The van der Waals surface area contributed by atoms with Crippen molar-refractivity contribution < 1.29 is 4.79 Å². The third-order valence-corrected chi connectivity index (χ3v) is 13.0. The lowest BCUT2D eigenvalue weighted by atomic mass is 9.96. The summed E-state index contributed by atoms with van der Waals surface area (Å²) in [6.45, 7) is 17.9. The Morgan fingerprint density at radius 1 is 0.962 bits per heavy atom. The van der Waals surface area contributed by atoms with Crippen LogP contribution in [0.15, 0.2) is 47.2 Å². The van der Waals surface area contributed by atoms with Gasteiger partial charge in [-0.2, -0.15) is 0 Å². The second-order valence-electron chi connectivity index (χ2n) is 8.43. The van der Waals surface area contributed by atoms with Gasteiger partial charge in [-0.3, -0.25) is 4.79 Å². The Labute approximate surface area is 160 Å². The SMILES string of the molecule is C/C=C(\C(C)=O)C1=Cc2ccccc2/C1=C\[Si](C(C)C)(C(C)C)C(C)C. The van der Waals surface area contributed by atoms with Gasteiger partial charge in [-0.15, -0.1) is 0 Å². The van der Waals surface area contributed by atoms with Gasteiger partial charge in [-0.1, -0.05) is 77.6 Å². The van der Waals surface area contributed by atoms with Gasteiger partial charge in [0, 0.05) is 5.57 Å². The predicted molar refractivity (Wildman–Crippen MR) is 118 cm³/mol. The van der Waals surface area contributed by atoms with Crippen LogP contribution >= 0.6 is 0 Å². The van der Waals surface area contributed by atoms with Crippen molar-refractivity contribution in [3.63, 3.8) is 0 Å². The Morgan fingerprint density at radius 3 is 1.96 bits per heavy atom. The standard InChI is InChI=1S/C24H34OSi/c1-9-21(19(8)25)23-14-20-12-10-11-13-22(20)24(23)15-26(16(2)3,17(4)5)18(6)7/h9-18H,1-8H3/b21-9+,24-15+. The third kappa shape index (κ3) is 3.44. The minimum absolute atomic E-state index is 0.142. The van der Waals surface area contributed by atoms with Crippen molar-refractivity contribution in [1.82, 2.24) is 0 Å². The molecule has 1 aliphatic rings. The van der Waals surface area contributed by atoms with Crippen molar-refractivity contribution in [2.24, 2.45) is 0 Å². The molecule has 2 rings (SSSR count). The Morgan fingerprint density at radius 2 is 1.50 bits per heavy atom. The second kappa shape index (κ2) is 7.92. The van der Waals surface area contributed by atoms with Gasteiger partial charge in [-0.05, 0) is 58.8 Å². The summed E-state index contributed by atoms with van der Waals surface area (Å²) in [5, 5.41) is 0. The Bertz CT molecular complexity index is 753. The molecule has 0 bridgehead atoms. The third-order valence-electron chi connectivity index (χ3n) is 6.19. The van der Waals surface area contributed by atoms with Crippen LogP contribution in [0.4, 0.5) is 0 Å². The van der Waals surface area contributed by atoms with E-state index in [4.69, 9.17) is 0 Å². The van der Waals surface area contributed by atoms with Crippen LogP contribution in [0.25, 0.3) is 11.6 Å². The molecule has 0 heterocycles. The first kappa shape index (κ1) is 20.6. The zero-order chi connectivity index (χ0) is 19.6. The van der Waals surface area contributed by atoms with Crippen LogP contribution < -0.4 is 0 Å². The van der Waals surface area contributed by atoms with Crippen LogP contribution in [-0.4, -0.2) is 13.9 Å². The molecule has 0 N–H and O–H groups in total. The summed E-state index contributed by atoms with van der Waals surface area (Å²) in [7, 11) is -1.74. The molecule has 1 nitrogen and oxygen atoms in total. The summed E-state index contributed by atoms with van der Waals surface area (Å²) in [4.78, 5) is 12.3. The molecule has 0 fully saturated rings. The van der Waals surface area contributed by atoms with Crippen molar-refractivity contribution in [1.29, 1.82) is 0 Å². The predicted octanol–water partition coefficient (Wildman–Crippen LogP) is 7.22. The van der Waals surface area contributed by atoms with Crippen LogP contribution in [0, 0.1) is 0 Å². The second-order valence-corrected chi connectivity index (χ2v) is 14.2. The molecule has 0 saturated heterocycles. The van der Waals surface area contributed by atoms with Crippen LogP contribution in [0.3, 0.4) is 0 Å². The number of carbonyl (C=O) groups is 1. The van der Waals surface area contributed by atoms with E-state index >= 15 is 0 Å². The van der Waals surface area contributed by atoms with Gasteiger partial charge < -0.3 is 0 Å². The number of benzene rings is 1. The molecule has 26 heavy (non-hydrogen) atoms. The molecule has 0 aliphatic heterocycles. The van der Waals surface area contributed by atoms with Crippen molar-refractivity contribution in [2.45, 2.75) is 72.0 Å². The molecule has 0 radical (unpaired) electrons. The maximum atomic E-state index is 12.3. The van der Waals surface area contributed by atoms with Gasteiger partial charge in [0.05, 0.1) is 8.07 Å². The van der Waals surface area contributed by atoms with Crippen LogP contribution in [0.2, 0.25) is 16.6 Å². The summed E-state index contributed by atoms with van der Waals surface area (Å²) in [6.07, 6.45) is 4.18. The average Bonchev–Trinajstić information content (AvgIpc) is 2.89. The normalized spacial score (nSPS) is 16.7. The Balaban J connectivity index is 2.79. The Kier molecular flexibility index (Phi) is 6.28. The molecule has 0 atom stereocenters. The average molecular weight is 367 g/mol. The molecule has 2 heteroatoms. The van der Waals surface area contributed by atoms with Gasteiger partial charge in [0.1, 0.15) is 0 Å². The lowest BCUT2D eigenvalue weighted by Crippen LogP contribution is -2.43. The van der Waals surface area contributed by atoms with Gasteiger partial charge in [0.25, 0.3) is 0 Å². The summed E-state index contributed by atoms with van der Waals surface area (Å²) < 4.78 is 0. The van der Waals surface area contributed by atoms with Crippen LogP contribution in [-0.2, 0) is 4.79 Å².